The molecule has 0 saturated heterocycles. The van der Waals surface area contributed by atoms with Gasteiger partial charge in [0.2, 0.25) is 0 Å². The molecule has 0 aromatic heterocycles. The van der Waals surface area contributed by atoms with Crippen LogP contribution >= 0.6 is 0 Å². The molecule has 0 unspecified atom stereocenters. The molecule has 146 valence electrons. The average molecular weight is 364 g/mol. The van der Waals surface area contributed by atoms with Gasteiger partial charge in [-0.3, -0.25) is 4.79 Å². The van der Waals surface area contributed by atoms with E-state index in [1.54, 1.807) is 6.08 Å². The van der Waals surface area contributed by atoms with Crippen molar-refractivity contribution in [2.24, 2.45) is 17.8 Å². The van der Waals surface area contributed by atoms with E-state index in [4.69, 9.17) is 5.11 Å². The van der Waals surface area contributed by atoms with Crippen LogP contribution in [0.1, 0.15) is 58.3 Å². The second-order valence-corrected chi connectivity index (χ2v) is 7.09. The molecule has 1 rings (SSSR count). The second kappa shape index (κ2) is 11.1. The summed E-state index contributed by atoms with van der Waals surface area (Å²) in [4.78, 5) is 22.7. The van der Waals surface area contributed by atoms with Crippen molar-refractivity contribution in [2.75, 3.05) is 0 Å². The molecule has 0 radical (unpaired) electrons. The third kappa shape index (κ3) is 7.26. The van der Waals surface area contributed by atoms with Crippen molar-refractivity contribution in [3.05, 3.63) is 37.0 Å². The summed E-state index contributed by atoms with van der Waals surface area (Å²) < 4.78 is 0. The molecule has 0 heterocycles. The standard InChI is InChI=1S/C21H32O5/c1-3-9-16(4-2)10-8-11-17-13-14-19(22)18(17)12-6-5-7-15-21(25,26)20(23)24/h4-6,8,11,16-18,25-26H,2-3,7,9-10,12-15H2,1H3,(H,23,24)/b6-5-,11-8+/t16-,17+,18-/m1/s1. The lowest BCUT2D eigenvalue weighted by Gasteiger charge is -2.15. The molecule has 1 aliphatic rings. The number of ketones is 1. The van der Waals surface area contributed by atoms with Gasteiger partial charge in [-0.15, -0.1) is 6.58 Å². The quantitative estimate of drug-likeness (QED) is 0.363. The number of carboxylic acids is 1. The maximum absolute atomic E-state index is 12.1. The lowest BCUT2D eigenvalue weighted by molar-refractivity contribution is -0.205. The highest BCUT2D eigenvalue weighted by molar-refractivity contribution is 5.83. The highest BCUT2D eigenvalue weighted by Gasteiger charge is 2.33. The number of carboxylic acid groups (broad SMARTS) is 1. The van der Waals surface area contributed by atoms with Gasteiger partial charge < -0.3 is 15.3 Å². The Morgan fingerprint density at radius 1 is 1.35 bits per heavy atom. The van der Waals surface area contributed by atoms with Gasteiger partial charge in [-0.2, -0.15) is 0 Å². The first kappa shape index (κ1) is 22.3. The van der Waals surface area contributed by atoms with Crippen molar-refractivity contribution in [3.63, 3.8) is 0 Å². The average Bonchev–Trinajstić information content (AvgIpc) is 2.93. The number of hydrogen-bond donors (Lipinski definition) is 3. The van der Waals surface area contributed by atoms with Crippen molar-refractivity contribution in [1.29, 1.82) is 0 Å². The number of hydrogen-bond acceptors (Lipinski definition) is 4. The summed E-state index contributed by atoms with van der Waals surface area (Å²) in [5, 5.41) is 27.1. The molecule has 1 aliphatic carbocycles. The normalized spacial score (nSPS) is 22.3. The molecule has 0 aliphatic heterocycles. The highest BCUT2D eigenvalue weighted by atomic mass is 16.5. The van der Waals surface area contributed by atoms with E-state index in [1.165, 1.54) is 0 Å². The minimum absolute atomic E-state index is 0.0386. The number of aliphatic carboxylic acids is 1. The van der Waals surface area contributed by atoms with E-state index < -0.39 is 11.8 Å². The summed E-state index contributed by atoms with van der Waals surface area (Å²) in [6, 6.07) is 0. The van der Waals surface area contributed by atoms with Gasteiger partial charge in [-0.05, 0) is 43.9 Å². The zero-order valence-corrected chi connectivity index (χ0v) is 15.6. The van der Waals surface area contributed by atoms with E-state index in [2.05, 4.69) is 25.7 Å². The molecule has 5 heteroatoms. The van der Waals surface area contributed by atoms with E-state index in [0.29, 0.717) is 18.8 Å². The van der Waals surface area contributed by atoms with Gasteiger partial charge in [0.25, 0.3) is 5.79 Å². The Balaban J connectivity index is 2.48. The Hall–Kier alpha value is -1.72. The third-order valence-corrected chi connectivity index (χ3v) is 5.03. The van der Waals surface area contributed by atoms with Crippen LogP contribution in [0.3, 0.4) is 0 Å². The largest absolute Gasteiger partial charge is 0.477 e. The minimum atomic E-state index is -2.70. The number of rotatable bonds is 12. The van der Waals surface area contributed by atoms with Crippen LogP contribution in [0.2, 0.25) is 0 Å². The third-order valence-electron chi connectivity index (χ3n) is 5.03. The first-order valence-electron chi connectivity index (χ1n) is 9.46. The molecule has 0 aromatic rings. The lowest BCUT2D eigenvalue weighted by atomic mass is 9.90. The summed E-state index contributed by atoms with van der Waals surface area (Å²) >= 11 is 0. The monoisotopic (exact) mass is 364 g/mol. The zero-order valence-electron chi connectivity index (χ0n) is 15.6. The van der Waals surface area contributed by atoms with E-state index in [0.717, 1.165) is 25.7 Å². The summed E-state index contributed by atoms with van der Waals surface area (Å²) in [7, 11) is 0. The zero-order chi connectivity index (χ0) is 19.6. The molecular weight excluding hydrogens is 332 g/mol. The topological polar surface area (TPSA) is 94.8 Å². The number of allylic oxidation sites excluding steroid dienone is 5. The van der Waals surface area contributed by atoms with Gasteiger partial charge in [0.15, 0.2) is 0 Å². The van der Waals surface area contributed by atoms with Gasteiger partial charge in [-0.1, -0.05) is 43.7 Å². The minimum Gasteiger partial charge on any atom is -0.477 e. The van der Waals surface area contributed by atoms with Crippen molar-refractivity contribution in [1.82, 2.24) is 0 Å². The van der Waals surface area contributed by atoms with Crippen molar-refractivity contribution in [3.8, 4) is 0 Å². The summed E-state index contributed by atoms with van der Waals surface area (Å²) in [6.07, 6.45) is 15.1. The fraction of sp³-hybridized carbons (Fsp3) is 0.619. The van der Waals surface area contributed by atoms with Gasteiger partial charge in [0.1, 0.15) is 5.78 Å². The molecule has 1 fully saturated rings. The Morgan fingerprint density at radius 2 is 2.08 bits per heavy atom. The number of aliphatic hydroxyl groups is 2. The fourth-order valence-corrected chi connectivity index (χ4v) is 3.35. The molecule has 0 spiro atoms. The van der Waals surface area contributed by atoms with Crippen LogP contribution < -0.4 is 0 Å². The van der Waals surface area contributed by atoms with Gasteiger partial charge in [0.05, 0.1) is 0 Å². The van der Waals surface area contributed by atoms with Crippen molar-refractivity contribution in [2.45, 2.75) is 64.1 Å². The number of carbonyl (C=O) groups is 2. The molecule has 5 nitrogen and oxygen atoms in total. The van der Waals surface area contributed by atoms with Gasteiger partial charge >= 0.3 is 5.97 Å². The highest BCUT2D eigenvalue weighted by Crippen LogP contribution is 2.33. The van der Waals surface area contributed by atoms with Crippen LogP contribution in [0.25, 0.3) is 0 Å². The Bertz CT molecular complexity index is 533. The molecular formula is C21H32O5. The van der Waals surface area contributed by atoms with Crippen LogP contribution in [0.4, 0.5) is 0 Å². The van der Waals surface area contributed by atoms with E-state index >= 15 is 0 Å². The van der Waals surface area contributed by atoms with Gasteiger partial charge in [-0.25, -0.2) is 4.79 Å². The molecule has 3 atom stereocenters. The summed E-state index contributed by atoms with van der Waals surface area (Å²) in [6.45, 7) is 6.03. The van der Waals surface area contributed by atoms with Crippen LogP contribution in [-0.2, 0) is 9.59 Å². The summed E-state index contributed by atoms with van der Waals surface area (Å²) in [5.74, 6) is -3.39. The summed E-state index contributed by atoms with van der Waals surface area (Å²) in [5.41, 5.74) is 0. The van der Waals surface area contributed by atoms with Crippen LogP contribution in [-0.4, -0.2) is 32.9 Å². The lowest BCUT2D eigenvalue weighted by Crippen LogP contribution is -2.37. The Kier molecular flexibility index (Phi) is 9.52. The first-order valence-corrected chi connectivity index (χ1v) is 9.46. The van der Waals surface area contributed by atoms with Crippen LogP contribution in [0, 0.1) is 17.8 Å². The van der Waals surface area contributed by atoms with Crippen LogP contribution in [0.5, 0.6) is 0 Å². The van der Waals surface area contributed by atoms with E-state index in [1.807, 2.05) is 12.2 Å². The molecule has 1 saturated carbocycles. The number of carbonyl (C=O) groups excluding carboxylic acids is 1. The molecule has 0 aromatic carbocycles. The molecule has 0 bridgehead atoms. The Labute approximate surface area is 156 Å². The Morgan fingerprint density at radius 3 is 2.69 bits per heavy atom. The van der Waals surface area contributed by atoms with E-state index in [9.17, 15) is 19.8 Å². The second-order valence-electron chi connectivity index (χ2n) is 7.09. The molecule has 0 amide bonds. The number of Topliss-reactive ketones (excluding diaryl/α,β-unsaturated/α-hetero) is 1. The SMILES string of the molecule is C=C[C@@H](C/C=C/[C@H]1CCC(=O)[C@@H]1C/C=C\CCC(O)(O)C(=O)O)CCC. The fourth-order valence-electron chi connectivity index (χ4n) is 3.35. The maximum atomic E-state index is 12.1. The maximum Gasteiger partial charge on any atom is 0.364 e. The smallest absolute Gasteiger partial charge is 0.364 e. The van der Waals surface area contributed by atoms with Crippen LogP contribution in [0.15, 0.2) is 37.0 Å². The predicted octanol–water partition coefficient (Wildman–Crippen LogP) is 3.62. The first-order chi connectivity index (χ1) is 12.3. The van der Waals surface area contributed by atoms with E-state index in [-0.39, 0.29) is 30.5 Å². The predicted molar refractivity (Wildman–Crippen MR) is 101 cm³/mol. The molecule has 26 heavy (non-hydrogen) atoms. The van der Waals surface area contributed by atoms with Crippen molar-refractivity contribution >= 4 is 11.8 Å². The van der Waals surface area contributed by atoms with Gasteiger partial charge in [0, 0.05) is 18.8 Å². The van der Waals surface area contributed by atoms with Crippen molar-refractivity contribution < 1.29 is 24.9 Å². The molecule has 3 N–H and O–H groups in total.